The molecule has 1 aromatic rings. The molecule has 0 amide bonds. The summed E-state index contributed by atoms with van der Waals surface area (Å²) in [7, 11) is 1.62. The molecule has 0 aliphatic heterocycles. The second-order valence-corrected chi connectivity index (χ2v) is 4.07. The lowest BCUT2D eigenvalue weighted by molar-refractivity contribution is 0.0659. The number of methoxy groups -OCH3 is 1. The normalized spacial score (nSPS) is 10.7. The number of nitrogens with zero attached hydrogens (tertiary/aromatic N) is 2. The first-order chi connectivity index (χ1) is 7.66. The van der Waals surface area contributed by atoms with Crippen LogP contribution < -0.4 is 5.56 Å². The van der Waals surface area contributed by atoms with E-state index in [4.69, 9.17) is 9.47 Å². The van der Waals surface area contributed by atoms with Gasteiger partial charge in [0, 0.05) is 13.3 Å². The summed E-state index contributed by atoms with van der Waals surface area (Å²) in [5.41, 5.74) is -0.0807. The molecule has 0 bridgehead atoms. The molecule has 5 nitrogen and oxygen atoms in total. The minimum atomic E-state index is -0.0807. The van der Waals surface area contributed by atoms with Crippen molar-refractivity contribution in [2.24, 2.45) is 0 Å². The zero-order valence-corrected chi connectivity index (χ0v) is 11.0. The molecule has 0 saturated heterocycles. The molecule has 0 radical (unpaired) electrons. The predicted molar refractivity (Wildman–Crippen MR) is 63.6 cm³/mol. The quantitative estimate of drug-likeness (QED) is 0.733. The Morgan fingerprint density at radius 2 is 2.19 bits per heavy atom. The molecule has 0 spiro atoms. The van der Waals surface area contributed by atoms with Gasteiger partial charge in [-0.25, -0.2) is 4.98 Å². The van der Waals surface area contributed by atoms with Crippen LogP contribution in [0.15, 0.2) is 15.5 Å². The van der Waals surface area contributed by atoms with Crippen molar-refractivity contribution in [1.82, 2.24) is 9.55 Å². The third-order valence-electron chi connectivity index (χ3n) is 2.10. The van der Waals surface area contributed by atoms with Crippen molar-refractivity contribution in [2.75, 3.05) is 26.9 Å². The lowest BCUT2D eigenvalue weighted by Crippen LogP contribution is -2.26. The van der Waals surface area contributed by atoms with E-state index in [0.717, 1.165) is 0 Å². The number of halogens is 1. The Morgan fingerprint density at radius 1 is 1.44 bits per heavy atom. The van der Waals surface area contributed by atoms with Crippen LogP contribution in [0.3, 0.4) is 0 Å². The second kappa shape index (κ2) is 6.78. The van der Waals surface area contributed by atoms with Gasteiger partial charge in [0.25, 0.3) is 5.56 Å². The number of aryl methyl sites for hydroxylation is 1. The topological polar surface area (TPSA) is 53.4 Å². The molecule has 16 heavy (non-hydrogen) atoms. The summed E-state index contributed by atoms with van der Waals surface area (Å²) in [6.45, 7) is 3.86. The molecule has 1 rings (SSSR count). The summed E-state index contributed by atoms with van der Waals surface area (Å²) in [6.07, 6.45) is 1.51. The molecule has 90 valence electrons. The molecule has 1 heterocycles. The molecule has 0 N–H and O–H groups in total. The maximum atomic E-state index is 11.7. The molecule has 0 aliphatic carbocycles. The van der Waals surface area contributed by atoms with Gasteiger partial charge in [-0.1, -0.05) is 0 Å². The van der Waals surface area contributed by atoms with E-state index in [2.05, 4.69) is 20.9 Å². The van der Waals surface area contributed by atoms with Crippen LogP contribution in [-0.4, -0.2) is 36.5 Å². The van der Waals surface area contributed by atoms with E-state index in [0.29, 0.717) is 36.7 Å². The van der Waals surface area contributed by atoms with Crippen LogP contribution in [0.5, 0.6) is 0 Å². The van der Waals surface area contributed by atoms with Crippen molar-refractivity contribution in [3.8, 4) is 0 Å². The standard InChI is InChI=1S/C10H15BrN2O3/c1-8-12-7-9(11)10(14)13(8)3-4-16-6-5-15-2/h7H,3-6H2,1-2H3. The highest BCUT2D eigenvalue weighted by atomic mass is 79.9. The molecule has 0 aliphatic rings. The Labute approximate surface area is 103 Å². The highest BCUT2D eigenvalue weighted by Gasteiger charge is 2.04. The molecule has 0 unspecified atom stereocenters. The van der Waals surface area contributed by atoms with Crippen molar-refractivity contribution < 1.29 is 9.47 Å². The van der Waals surface area contributed by atoms with Crippen LogP contribution in [0.2, 0.25) is 0 Å². The highest BCUT2D eigenvalue weighted by Crippen LogP contribution is 2.01. The van der Waals surface area contributed by atoms with Gasteiger partial charge in [0.05, 0.1) is 26.4 Å². The maximum Gasteiger partial charge on any atom is 0.267 e. The van der Waals surface area contributed by atoms with Gasteiger partial charge in [0.15, 0.2) is 0 Å². The number of ether oxygens (including phenoxy) is 2. The lowest BCUT2D eigenvalue weighted by Gasteiger charge is -2.09. The van der Waals surface area contributed by atoms with Crippen LogP contribution >= 0.6 is 15.9 Å². The minimum Gasteiger partial charge on any atom is -0.382 e. The third kappa shape index (κ3) is 3.70. The van der Waals surface area contributed by atoms with Gasteiger partial charge in [0.1, 0.15) is 10.3 Å². The Morgan fingerprint density at radius 3 is 2.88 bits per heavy atom. The fourth-order valence-electron chi connectivity index (χ4n) is 1.21. The van der Waals surface area contributed by atoms with E-state index in [9.17, 15) is 4.79 Å². The van der Waals surface area contributed by atoms with Gasteiger partial charge < -0.3 is 9.47 Å². The van der Waals surface area contributed by atoms with Crippen LogP contribution in [0.25, 0.3) is 0 Å². The first kappa shape index (κ1) is 13.3. The van der Waals surface area contributed by atoms with Crippen LogP contribution in [-0.2, 0) is 16.0 Å². The zero-order chi connectivity index (χ0) is 12.0. The summed E-state index contributed by atoms with van der Waals surface area (Å²) in [5.74, 6) is 0.684. The van der Waals surface area contributed by atoms with Crippen LogP contribution in [0.4, 0.5) is 0 Å². The maximum absolute atomic E-state index is 11.7. The summed E-state index contributed by atoms with van der Waals surface area (Å²) in [5, 5.41) is 0. The van der Waals surface area contributed by atoms with Crippen molar-refractivity contribution >= 4 is 15.9 Å². The number of hydrogen-bond donors (Lipinski definition) is 0. The van der Waals surface area contributed by atoms with Gasteiger partial charge in [-0.2, -0.15) is 0 Å². The second-order valence-electron chi connectivity index (χ2n) is 3.22. The van der Waals surface area contributed by atoms with Crippen molar-refractivity contribution in [2.45, 2.75) is 13.5 Å². The highest BCUT2D eigenvalue weighted by molar-refractivity contribution is 9.10. The van der Waals surface area contributed by atoms with E-state index in [-0.39, 0.29) is 5.56 Å². The predicted octanol–water partition coefficient (Wildman–Crippen LogP) is 0.977. The summed E-state index contributed by atoms with van der Waals surface area (Å²) >= 11 is 3.16. The SMILES string of the molecule is COCCOCCn1c(C)ncc(Br)c1=O. The average Bonchev–Trinajstić information content (AvgIpc) is 2.28. The van der Waals surface area contributed by atoms with Gasteiger partial charge in [-0.15, -0.1) is 0 Å². The largest absolute Gasteiger partial charge is 0.382 e. The van der Waals surface area contributed by atoms with E-state index in [1.165, 1.54) is 6.20 Å². The Kier molecular flexibility index (Phi) is 5.65. The molecule has 0 saturated carbocycles. The van der Waals surface area contributed by atoms with Crippen molar-refractivity contribution in [3.05, 3.63) is 26.8 Å². The summed E-state index contributed by atoms with van der Waals surface area (Å²) < 4.78 is 12.2. The van der Waals surface area contributed by atoms with Crippen molar-refractivity contribution in [3.63, 3.8) is 0 Å². The first-order valence-electron chi connectivity index (χ1n) is 4.95. The lowest BCUT2D eigenvalue weighted by atomic mass is 10.5. The van der Waals surface area contributed by atoms with Gasteiger partial charge >= 0.3 is 0 Å². The van der Waals surface area contributed by atoms with Gasteiger partial charge in [0.2, 0.25) is 0 Å². The average molecular weight is 291 g/mol. The number of rotatable bonds is 6. The van der Waals surface area contributed by atoms with E-state index < -0.39 is 0 Å². The molecule has 0 aromatic carbocycles. The molecular weight excluding hydrogens is 276 g/mol. The molecule has 1 aromatic heterocycles. The summed E-state index contributed by atoms with van der Waals surface area (Å²) in [6, 6.07) is 0. The Hall–Kier alpha value is -0.720. The monoisotopic (exact) mass is 290 g/mol. The zero-order valence-electron chi connectivity index (χ0n) is 9.40. The third-order valence-corrected chi connectivity index (χ3v) is 2.64. The minimum absolute atomic E-state index is 0.0807. The van der Waals surface area contributed by atoms with E-state index in [1.807, 2.05) is 0 Å². The Balaban J connectivity index is 2.54. The van der Waals surface area contributed by atoms with E-state index >= 15 is 0 Å². The summed E-state index contributed by atoms with van der Waals surface area (Å²) in [4.78, 5) is 15.8. The fourth-order valence-corrected chi connectivity index (χ4v) is 1.53. The van der Waals surface area contributed by atoms with Crippen molar-refractivity contribution in [1.29, 1.82) is 0 Å². The smallest absolute Gasteiger partial charge is 0.267 e. The van der Waals surface area contributed by atoms with Gasteiger partial charge in [-0.3, -0.25) is 9.36 Å². The molecule has 6 heteroatoms. The number of hydrogen-bond acceptors (Lipinski definition) is 4. The molecule has 0 fully saturated rings. The first-order valence-corrected chi connectivity index (χ1v) is 5.74. The molecule has 0 atom stereocenters. The van der Waals surface area contributed by atoms with Crippen LogP contribution in [0.1, 0.15) is 5.82 Å². The van der Waals surface area contributed by atoms with E-state index in [1.54, 1.807) is 18.6 Å². The van der Waals surface area contributed by atoms with Gasteiger partial charge in [-0.05, 0) is 22.9 Å². The number of aromatic nitrogens is 2. The fraction of sp³-hybridized carbons (Fsp3) is 0.600. The molecular formula is C10H15BrN2O3. The van der Waals surface area contributed by atoms with Crippen LogP contribution in [0, 0.1) is 6.92 Å². The Bertz CT molecular complexity index is 392.